The number of hydrogen-bond acceptors (Lipinski definition) is 6. The maximum Gasteiger partial charge on any atom is 0.225 e. The van der Waals surface area contributed by atoms with E-state index in [4.69, 9.17) is 5.10 Å². The second-order valence-corrected chi connectivity index (χ2v) is 6.67. The van der Waals surface area contributed by atoms with Crippen molar-refractivity contribution in [3.8, 4) is 0 Å². The molecule has 0 unspecified atom stereocenters. The number of aryl methyl sites for hydroxylation is 4. The molecule has 3 aromatic heterocycles. The van der Waals surface area contributed by atoms with E-state index < -0.39 is 0 Å². The van der Waals surface area contributed by atoms with E-state index in [-0.39, 0.29) is 0 Å². The van der Waals surface area contributed by atoms with Gasteiger partial charge in [0.1, 0.15) is 5.82 Å². The predicted molar refractivity (Wildman–Crippen MR) is 98.4 cm³/mol. The van der Waals surface area contributed by atoms with E-state index >= 15 is 0 Å². The van der Waals surface area contributed by atoms with Gasteiger partial charge in [-0.1, -0.05) is 0 Å². The molecule has 0 atom stereocenters. The number of piperazine rings is 1. The second-order valence-electron chi connectivity index (χ2n) is 6.67. The first-order valence-electron chi connectivity index (χ1n) is 8.66. The summed E-state index contributed by atoms with van der Waals surface area (Å²) in [5.41, 5.74) is 5.06. The van der Waals surface area contributed by atoms with Gasteiger partial charge in [-0.05, 0) is 45.9 Å². The van der Waals surface area contributed by atoms with Gasteiger partial charge in [0, 0.05) is 37.6 Å². The molecule has 25 heavy (non-hydrogen) atoms. The molecular formula is C18H23N7. The number of fused-ring (bicyclic) bond motifs is 1. The van der Waals surface area contributed by atoms with Crippen molar-refractivity contribution in [1.29, 1.82) is 0 Å². The molecule has 7 heteroatoms. The van der Waals surface area contributed by atoms with Crippen LogP contribution < -0.4 is 9.80 Å². The van der Waals surface area contributed by atoms with Crippen LogP contribution in [0, 0.1) is 27.7 Å². The predicted octanol–water partition coefficient (Wildman–Crippen LogP) is 2.08. The summed E-state index contributed by atoms with van der Waals surface area (Å²) in [7, 11) is 0. The average Bonchev–Trinajstić information content (AvgIpc) is 2.88. The number of hydrogen-bond donors (Lipinski definition) is 0. The van der Waals surface area contributed by atoms with Crippen LogP contribution in [0.2, 0.25) is 0 Å². The summed E-state index contributed by atoms with van der Waals surface area (Å²) < 4.78 is 1.93. The third-order valence-electron chi connectivity index (χ3n) is 4.78. The fraction of sp³-hybridized carbons (Fsp3) is 0.444. The van der Waals surface area contributed by atoms with Crippen molar-refractivity contribution in [3.05, 3.63) is 41.0 Å². The summed E-state index contributed by atoms with van der Waals surface area (Å²) in [5, 5.41) is 4.78. The molecule has 3 aromatic rings. The van der Waals surface area contributed by atoms with Gasteiger partial charge < -0.3 is 9.80 Å². The zero-order valence-corrected chi connectivity index (χ0v) is 15.2. The molecule has 0 bridgehead atoms. The Balaban J connectivity index is 1.52. The monoisotopic (exact) mass is 337 g/mol. The molecule has 0 aromatic carbocycles. The maximum atomic E-state index is 4.78. The van der Waals surface area contributed by atoms with Crippen molar-refractivity contribution in [2.24, 2.45) is 0 Å². The lowest BCUT2D eigenvalue weighted by Gasteiger charge is -2.35. The highest BCUT2D eigenvalue weighted by Gasteiger charge is 2.21. The molecule has 0 amide bonds. The molecule has 7 nitrogen and oxygen atoms in total. The third-order valence-corrected chi connectivity index (χ3v) is 4.78. The summed E-state index contributed by atoms with van der Waals surface area (Å²) in [4.78, 5) is 18.2. The van der Waals surface area contributed by atoms with Crippen molar-refractivity contribution in [2.45, 2.75) is 27.7 Å². The quantitative estimate of drug-likeness (QED) is 0.713. The van der Waals surface area contributed by atoms with Gasteiger partial charge >= 0.3 is 0 Å². The Hall–Kier alpha value is -2.70. The number of imidazole rings is 1. The van der Waals surface area contributed by atoms with E-state index in [0.29, 0.717) is 0 Å². The van der Waals surface area contributed by atoms with Crippen LogP contribution in [0.4, 0.5) is 11.8 Å². The molecule has 1 saturated heterocycles. The van der Waals surface area contributed by atoms with Crippen LogP contribution >= 0.6 is 0 Å². The fourth-order valence-electron chi connectivity index (χ4n) is 3.30. The highest BCUT2D eigenvalue weighted by molar-refractivity contribution is 5.49. The number of nitrogens with zero attached hydrogens (tertiary/aromatic N) is 7. The van der Waals surface area contributed by atoms with E-state index in [1.54, 1.807) is 0 Å². The minimum absolute atomic E-state index is 0.835. The number of rotatable bonds is 2. The first-order valence-corrected chi connectivity index (χ1v) is 8.66. The molecule has 0 saturated carbocycles. The highest BCUT2D eigenvalue weighted by Crippen LogP contribution is 2.19. The van der Waals surface area contributed by atoms with Gasteiger partial charge in [0.05, 0.1) is 11.4 Å². The van der Waals surface area contributed by atoms with Gasteiger partial charge in [-0.25, -0.2) is 19.5 Å². The molecule has 1 aliphatic rings. The number of anilines is 2. The molecule has 1 fully saturated rings. The molecule has 4 heterocycles. The van der Waals surface area contributed by atoms with E-state index in [0.717, 1.165) is 66.4 Å². The van der Waals surface area contributed by atoms with Crippen LogP contribution in [-0.4, -0.2) is 50.7 Å². The summed E-state index contributed by atoms with van der Waals surface area (Å²) >= 11 is 0. The van der Waals surface area contributed by atoms with Crippen LogP contribution in [-0.2, 0) is 0 Å². The minimum Gasteiger partial charge on any atom is -0.352 e. The lowest BCUT2D eigenvalue weighted by molar-refractivity contribution is 0.627. The summed E-state index contributed by atoms with van der Waals surface area (Å²) in [6.45, 7) is 11.7. The van der Waals surface area contributed by atoms with E-state index in [1.807, 2.05) is 37.4 Å². The largest absolute Gasteiger partial charge is 0.352 e. The van der Waals surface area contributed by atoms with Gasteiger partial charge in [-0.3, -0.25) is 0 Å². The van der Waals surface area contributed by atoms with Crippen molar-refractivity contribution in [1.82, 2.24) is 24.6 Å². The van der Waals surface area contributed by atoms with Crippen LogP contribution in [0.5, 0.6) is 0 Å². The fourth-order valence-corrected chi connectivity index (χ4v) is 3.30. The van der Waals surface area contributed by atoms with Gasteiger partial charge in [-0.15, -0.1) is 5.10 Å². The van der Waals surface area contributed by atoms with Crippen molar-refractivity contribution < 1.29 is 0 Å². The molecule has 4 rings (SSSR count). The third kappa shape index (κ3) is 2.90. The van der Waals surface area contributed by atoms with Gasteiger partial charge in [0.15, 0.2) is 5.65 Å². The maximum absolute atomic E-state index is 4.78. The minimum atomic E-state index is 0.835. The summed E-state index contributed by atoms with van der Waals surface area (Å²) in [6, 6.07) is 6.11. The van der Waals surface area contributed by atoms with E-state index in [2.05, 4.69) is 37.7 Å². The van der Waals surface area contributed by atoms with Crippen molar-refractivity contribution in [3.63, 3.8) is 0 Å². The smallest absolute Gasteiger partial charge is 0.225 e. The Morgan fingerprint density at radius 3 is 2.12 bits per heavy atom. The van der Waals surface area contributed by atoms with Gasteiger partial charge in [0.2, 0.25) is 5.95 Å². The SMILES string of the molecule is Cc1cc(C)nc(N2CCN(c3ccc4nc(C)c(C)n4n3)CC2)n1. The topological polar surface area (TPSA) is 62.5 Å². The van der Waals surface area contributed by atoms with Gasteiger partial charge in [0.25, 0.3) is 0 Å². The molecule has 0 aliphatic carbocycles. The van der Waals surface area contributed by atoms with Crippen LogP contribution in [0.15, 0.2) is 18.2 Å². The van der Waals surface area contributed by atoms with Crippen molar-refractivity contribution in [2.75, 3.05) is 36.0 Å². The Labute approximate surface area is 147 Å². The average molecular weight is 337 g/mol. The van der Waals surface area contributed by atoms with E-state index in [9.17, 15) is 0 Å². The van der Waals surface area contributed by atoms with Crippen LogP contribution in [0.3, 0.4) is 0 Å². The molecule has 0 N–H and O–H groups in total. The van der Waals surface area contributed by atoms with E-state index in [1.165, 1.54) is 0 Å². The van der Waals surface area contributed by atoms with Crippen molar-refractivity contribution >= 4 is 17.4 Å². The Bertz CT molecular complexity index is 902. The zero-order chi connectivity index (χ0) is 17.6. The Morgan fingerprint density at radius 2 is 1.44 bits per heavy atom. The standard InChI is InChI=1S/C18H23N7/c1-12-11-13(2)20-18(19-12)24-9-7-23(8-10-24)17-6-5-16-21-14(3)15(4)25(16)22-17/h5-6,11H,7-10H2,1-4H3. The van der Waals surface area contributed by atoms with Crippen LogP contribution in [0.1, 0.15) is 22.8 Å². The molecule has 1 aliphatic heterocycles. The Morgan fingerprint density at radius 1 is 0.800 bits per heavy atom. The lowest BCUT2D eigenvalue weighted by Crippen LogP contribution is -2.47. The second kappa shape index (κ2) is 5.98. The molecule has 0 radical (unpaired) electrons. The normalized spacial score (nSPS) is 15.2. The summed E-state index contributed by atoms with van der Waals surface area (Å²) in [5.74, 6) is 1.83. The molecular weight excluding hydrogens is 314 g/mol. The lowest BCUT2D eigenvalue weighted by atomic mass is 10.3. The highest BCUT2D eigenvalue weighted by atomic mass is 15.4. The van der Waals surface area contributed by atoms with Crippen LogP contribution in [0.25, 0.3) is 5.65 Å². The van der Waals surface area contributed by atoms with Gasteiger partial charge in [-0.2, -0.15) is 0 Å². The zero-order valence-electron chi connectivity index (χ0n) is 15.2. The molecule has 130 valence electrons. The Kier molecular flexibility index (Phi) is 3.78. The first kappa shape index (κ1) is 15.8. The summed E-state index contributed by atoms with van der Waals surface area (Å²) in [6.07, 6.45) is 0. The first-order chi connectivity index (χ1) is 12.0. The number of aromatic nitrogens is 5. The molecule has 0 spiro atoms.